The first-order valence-electron chi connectivity index (χ1n) is 4.11. The summed E-state index contributed by atoms with van der Waals surface area (Å²) in [7, 11) is 0. The van der Waals surface area contributed by atoms with Crippen LogP contribution in [0.3, 0.4) is 0 Å². The van der Waals surface area contributed by atoms with Crippen LogP contribution in [0.2, 0.25) is 0 Å². The molecule has 84 valence electrons. The van der Waals surface area contributed by atoms with E-state index < -0.39 is 24.3 Å². The molecule has 6 heteroatoms. The van der Waals surface area contributed by atoms with E-state index in [1.165, 1.54) is 0 Å². The van der Waals surface area contributed by atoms with E-state index >= 15 is 0 Å². The molecule has 1 unspecified atom stereocenters. The zero-order valence-corrected chi connectivity index (χ0v) is 9.99. The van der Waals surface area contributed by atoms with Crippen molar-refractivity contribution < 1.29 is 19.0 Å². The van der Waals surface area contributed by atoms with Crippen molar-refractivity contribution in [2.75, 3.05) is 12.4 Å². The number of benzene rings is 1. The van der Waals surface area contributed by atoms with Crippen LogP contribution in [0.4, 0.5) is 8.78 Å². The van der Waals surface area contributed by atoms with Crippen LogP contribution in [0.5, 0.6) is 0 Å². The van der Waals surface area contributed by atoms with Crippen molar-refractivity contribution in [3.8, 4) is 0 Å². The smallest absolute Gasteiger partial charge is 0.138 e. The first-order chi connectivity index (χ1) is 7.04. The zero-order valence-electron chi connectivity index (χ0n) is 7.58. The van der Waals surface area contributed by atoms with Crippen LogP contribution in [-0.2, 0) is 0 Å². The van der Waals surface area contributed by atoms with Crippen molar-refractivity contribution in [3.63, 3.8) is 0 Å². The number of aliphatic hydroxyl groups excluding tert-OH is 2. The first kappa shape index (κ1) is 12.9. The highest BCUT2D eigenvalue weighted by atomic mass is 79.9. The molecular weight excluding hydrogens is 290 g/mol. The molecular formula is C9H9BrF2O2S. The lowest BCUT2D eigenvalue weighted by Crippen LogP contribution is -2.14. The molecule has 0 fully saturated rings. The topological polar surface area (TPSA) is 40.5 Å². The monoisotopic (exact) mass is 298 g/mol. The predicted molar refractivity (Wildman–Crippen MR) is 57.9 cm³/mol. The summed E-state index contributed by atoms with van der Waals surface area (Å²) in [6.07, 6.45) is -0.930. The van der Waals surface area contributed by atoms with Crippen LogP contribution < -0.4 is 0 Å². The molecule has 1 aromatic rings. The highest BCUT2D eigenvalue weighted by Crippen LogP contribution is 2.27. The summed E-state index contributed by atoms with van der Waals surface area (Å²) in [6, 6.07) is 2.08. The zero-order chi connectivity index (χ0) is 11.4. The fourth-order valence-corrected chi connectivity index (χ4v) is 2.03. The van der Waals surface area contributed by atoms with Crippen LogP contribution in [0, 0.1) is 11.6 Å². The number of hydrogen-bond donors (Lipinski definition) is 2. The summed E-state index contributed by atoms with van der Waals surface area (Å²) < 4.78 is 26.3. The molecule has 0 aliphatic heterocycles. The van der Waals surface area contributed by atoms with Crippen LogP contribution in [0.25, 0.3) is 0 Å². The molecule has 0 saturated heterocycles. The molecule has 0 saturated carbocycles. The Morgan fingerprint density at radius 2 is 2.00 bits per heavy atom. The van der Waals surface area contributed by atoms with Gasteiger partial charge in [0.15, 0.2) is 0 Å². The van der Waals surface area contributed by atoms with Gasteiger partial charge in [0, 0.05) is 10.6 Å². The van der Waals surface area contributed by atoms with Crippen molar-refractivity contribution in [3.05, 3.63) is 28.2 Å². The molecule has 1 atom stereocenters. The maximum Gasteiger partial charge on any atom is 0.138 e. The minimum atomic E-state index is -0.930. The quantitative estimate of drug-likeness (QED) is 0.661. The number of thioether (sulfide) groups is 1. The van der Waals surface area contributed by atoms with Crippen molar-refractivity contribution in [1.82, 2.24) is 0 Å². The maximum absolute atomic E-state index is 13.2. The summed E-state index contributed by atoms with van der Waals surface area (Å²) in [6.45, 7) is -0.395. The summed E-state index contributed by atoms with van der Waals surface area (Å²) in [4.78, 5) is 0.114. The largest absolute Gasteiger partial charge is 0.394 e. The van der Waals surface area contributed by atoms with E-state index in [1.54, 1.807) is 0 Å². The van der Waals surface area contributed by atoms with Gasteiger partial charge in [0.25, 0.3) is 0 Å². The first-order valence-corrected chi connectivity index (χ1v) is 5.88. The Morgan fingerprint density at radius 3 is 2.60 bits per heavy atom. The second-order valence-electron chi connectivity index (χ2n) is 2.84. The lowest BCUT2D eigenvalue weighted by atomic mass is 10.3. The Balaban J connectivity index is 2.73. The van der Waals surface area contributed by atoms with Gasteiger partial charge in [-0.15, -0.1) is 11.8 Å². The van der Waals surface area contributed by atoms with Crippen LogP contribution in [0.15, 0.2) is 21.5 Å². The minimum absolute atomic E-state index is 0.0621. The molecule has 1 aromatic carbocycles. The fraction of sp³-hybridized carbons (Fsp3) is 0.333. The van der Waals surface area contributed by atoms with Gasteiger partial charge in [-0.2, -0.15) is 0 Å². The number of hydrogen-bond acceptors (Lipinski definition) is 3. The van der Waals surface area contributed by atoms with Gasteiger partial charge in [0.05, 0.1) is 17.2 Å². The molecule has 15 heavy (non-hydrogen) atoms. The molecule has 0 bridgehead atoms. The molecule has 0 spiro atoms. The second kappa shape index (κ2) is 5.79. The van der Waals surface area contributed by atoms with Crippen molar-refractivity contribution in [2.24, 2.45) is 0 Å². The normalized spacial score (nSPS) is 12.9. The summed E-state index contributed by atoms with van der Waals surface area (Å²) in [5, 5.41) is 17.6. The van der Waals surface area contributed by atoms with Crippen molar-refractivity contribution in [1.29, 1.82) is 0 Å². The molecule has 0 amide bonds. The lowest BCUT2D eigenvalue weighted by Gasteiger charge is -2.07. The van der Waals surface area contributed by atoms with Gasteiger partial charge >= 0.3 is 0 Å². The van der Waals surface area contributed by atoms with Gasteiger partial charge in [-0.3, -0.25) is 0 Å². The summed E-state index contributed by atoms with van der Waals surface area (Å²) >= 11 is 3.82. The average Bonchev–Trinajstić information content (AvgIpc) is 2.21. The number of halogens is 3. The fourth-order valence-electron chi connectivity index (χ4n) is 0.854. The number of rotatable bonds is 4. The second-order valence-corrected chi connectivity index (χ2v) is 4.76. The maximum atomic E-state index is 13.2. The van der Waals surface area contributed by atoms with Crippen LogP contribution >= 0.6 is 27.7 Å². The Morgan fingerprint density at radius 1 is 1.33 bits per heavy atom. The predicted octanol–water partition coefficient (Wildman–Crippen LogP) is 2.17. The van der Waals surface area contributed by atoms with E-state index in [1.807, 2.05) is 0 Å². The summed E-state index contributed by atoms with van der Waals surface area (Å²) in [5.74, 6) is -0.995. The van der Waals surface area contributed by atoms with Gasteiger partial charge in [0.2, 0.25) is 0 Å². The molecule has 2 N–H and O–H groups in total. The third-order valence-corrected chi connectivity index (χ3v) is 3.40. The van der Waals surface area contributed by atoms with Gasteiger partial charge in [-0.05, 0) is 28.1 Å². The van der Waals surface area contributed by atoms with E-state index in [0.29, 0.717) is 0 Å². The van der Waals surface area contributed by atoms with E-state index in [2.05, 4.69) is 15.9 Å². The van der Waals surface area contributed by atoms with E-state index in [0.717, 1.165) is 23.9 Å². The molecule has 0 aliphatic carbocycles. The van der Waals surface area contributed by atoms with Gasteiger partial charge in [0.1, 0.15) is 11.6 Å². The lowest BCUT2D eigenvalue weighted by molar-refractivity contribution is 0.113. The molecule has 0 radical (unpaired) electrons. The molecule has 0 aromatic heterocycles. The Kier molecular flexibility index (Phi) is 4.98. The third kappa shape index (κ3) is 3.71. The highest BCUT2D eigenvalue weighted by molar-refractivity contribution is 9.10. The molecule has 1 rings (SSSR count). The van der Waals surface area contributed by atoms with Gasteiger partial charge in [-0.1, -0.05) is 0 Å². The standard InChI is InChI=1S/C9H9BrF2O2S/c10-6-1-8(12)9(2-7(6)11)15-4-5(14)3-13/h1-2,5,13-14H,3-4H2. The van der Waals surface area contributed by atoms with Crippen molar-refractivity contribution in [2.45, 2.75) is 11.0 Å². The van der Waals surface area contributed by atoms with Crippen LogP contribution in [0.1, 0.15) is 0 Å². The minimum Gasteiger partial charge on any atom is -0.394 e. The molecule has 0 heterocycles. The van der Waals surface area contributed by atoms with Crippen molar-refractivity contribution >= 4 is 27.7 Å². The summed E-state index contributed by atoms with van der Waals surface area (Å²) in [5.41, 5.74) is 0. The Labute approximate surface area is 98.4 Å². The van der Waals surface area contributed by atoms with Crippen LogP contribution in [-0.4, -0.2) is 28.7 Å². The Bertz CT molecular complexity index is 349. The molecule has 2 nitrogen and oxygen atoms in total. The average molecular weight is 299 g/mol. The Hall–Kier alpha value is -0.170. The highest BCUT2D eigenvalue weighted by Gasteiger charge is 2.10. The van der Waals surface area contributed by atoms with E-state index in [9.17, 15) is 8.78 Å². The van der Waals surface area contributed by atoms with E-state index in [-0.39, 0.29) is 15.1 Å². The van der Waals surface area contributed by atoms with E-state index in [4.69, 9.17) is 10.2 Å². The van der Waals surface area contributed by atoms with Gasteiger partial charge in [-0.25, -0.2) is 8.78 Å². The number of aliphatic hydroxyl groups is 2. The van der Waals surface area contributed by atoms with Gasteiger partial charge < -0.3 is 10.2 Å². The third-order valence-electron chi connectivity index (χ3n) is 1.62. The SMILES string of the molecule is OCC(O)CSc1cc(F)c(Br)cc1F. The molecule has 0 aliphatic rings.